The number of nitrogens with two attached hydrogens (primary N) is 1. The molecule has 33 heavy (non-hydrogen) atoms. The largest absolute Gasteiger partial charge is 0.494 e. The second kappa shape index (κ2) is 8.41. The summed E-state index contributed by atoms with van der Waals surface area (Å²) >= 11 is 0. The average Bonchev–Trinajstić information content (AvgIpc) is 3.39. The van der Waals surface area contributed by atoms with E-state index in [1.165, 1.54) is 0 Å². The van der Waals surface area contributed by atoms with E-state index in [1.54, 1.807) is 10.9 Å². The molecule has 5 aromatic rings. The molecule has 0 spiro atoms. The molecule has 0 fully saturated rings. The van der Waals surface area contributed by atoms with Crippen LogP contribution in [-0.4, -0.2) is 24.9 Å². The zero-order valence-corrected chi connectivity index (χ0v) is 18.6. The number of rotatable bonds is 5. The fourth-order valence-corrected chi connectivity index (χ4v) is 4.07. The van der Waals surface area contributed by atoms with Crippen LogP contribution >= 0.6 is 0 Å². The van der Waals surface area contributed by atoms with Gasteiger partial charge in [-0.2, -0.15) is 0 Å². The molecule has 3 aromatic carbocycles. The Morgan fingerprint density at radius 3 is 2.36 bits per heavy atom. The van der Waals surface area contributed by atoms with E-state index in [4.69, 9.17) is 10.7 Å². The van der Waals surface area contributed by atoms with Crippen molar-refractivity contribution in [3.05, 3.63) is 102 Å². The first-order valence-corrected chi connectivity index (χ1v) is 10.8. The predicted octanol–water partition coefficient (Wildman–Crippen LogP) is 4.91. The third kappa shape index (κ3) is 3.81. The molecule has 6 heteroatoms. The molecule has 0 saturated heterocycles. The van der Waals surface area contributed by atoms with Crippen LogP contribution in [0, 0.1) is 0 Å². The van der Waals surface area contributed by atoms with Crippen LogP contribution in [0.4, 0.5) is 5.69 Å². The van der Waals surface area contributed by atoms with Crippen LogP contribution < -0.4 is 5.73 Å². The molecule has 0 atom stereocenters. The van der Waals surface area contributed by atoms with E-state index >= 15 is 0 Å². The van der Waals surface area contributed by atoms with Crippen molar-refractivity contribution in [1.29, 1.82) is 0 Å². The monoisotopic (exact) mass is 435 g/mol. The maximum absolute atomic E-state index is 11.1. The first kappa shape index (κ1) is 20.7. The van der Waals surface area contributed by atoms with Crippen LogP contribution in [0.25, 0.3) is 22.2 Å². The summed E-state index contributed by atoms with van der Waals surface area (Å²) in [6.07, 6.45) is 3.77. The minimum absolute atomic E-state index is 0.183. The number of fused-ring (bicyclic) bond motifs is 1. The van der Waals surface area contributed by atoms with Gasteiger partial charge in [0.25, 0.3) is 0 Å². The normalized spacial score (nSPS) is 11.9. The number of aliphatic imine (C=N–C) groups is 1. The van der Waals surface area contributed by atoms with Crippen LogP contribution in [0.1, 0.15) is 16.7 Å². The van der Waals surface area contributed by atoms with Crippen LogP contribution in [0.15, 0.2) is 90.3 Å². The van der Waals surface area contributed by atoms with Gasteiger partial charge in [0.15, 0.2) is 0 Å². The van der Waals surface area contributed by atoms with Crippen LogP contribution in [-0.2, 0) is 20.6 Å². The lowest BCUT2D eigenvalue weighted by Gasteiger charge is -2.09. The Kier molecular flexibility index (Phi) is 5.28. The molecule has 0 saturated carbocycles. The van der Waals surface area contributed by atoms with Gasteiger partial charge in [-0.05, 0) is 23.8 Å². The quantitative estimate of drug-likeness (QED) is 0.385. The molecule has 0 amide bonds. The van der Waals surface area contributed by atoms with E-state index < -0.39 is 0 Å². The number of hydrogen-bond acceptors (Lipinski definition) is 4. The molecule has 3 N–H and O–H groups in total. The first-order chi connectivity index (χ1) is 16.0. The number of aromatic nitrogens is 3. The van der Waals surface area contributed by atoms with Crippen LogP contribution in [0.3, 0.4) is 0 Å². The number of hydrogen-bond donors (Lipinski definition) is 2. The summed E-state index contributed by atoms with van der Waals surface area (Å²) in [6.45, 7) is 0.473. The van der Waals surface area contributed by atoms with E-state index in [0.29, 0.717) is 17.8 Å². The summed E-state index contributed by atoms with van der Waals surface area (Å²) < 4.78 is 3.71. The van der Waals surface area contributed by atoms with Gasteiger partial charge < -0.3 is 20.0 Å². The molecule has 0 aliphatic rings. The first-order valence-electron chi connectivity index (χ1n) is 10.8. The molecular weight excluding hydrogens is 410 g/mol. The second-order valence-corrected chi connectivity index (χ2v) is 8.11. The van der Waals surface area contributed by atoms with Gasteiger partial charge in [0, 0.05) is 43.4 Å². The Morgan fingerprint density at radius 2 is 1.70 bits per heavy atom. The molecule has 0 unspecified atom stereocenters. The molecular formula is C27H25N5O. The average molecular weight is 436 g/mol. The second-order valence-electron chi connectivity index (χ2n) is 8.11. The predicted molar refractivity (Wildman–Crippen MR) is 133 cm³/mol. The maximum atomic E-state index is 11.1. The van der Waals surface area contributed by atoms with Crippen molar-refractivity contribution in [3.8, 4) is 17.1 Å². The Labute approximate surface area is 192 Å². The minimum atomic E-state index is 0.183. The van der Waals surface area contributed by atoms with Gasteiger partial charge in [-0.3, -0.25) is 0 Å². The topological polar surface area (TPSA) is 81.4 Å². The lowest BCUT2D eigenvalue weighted by Crippen LogP contribution is -2.04. The Balaban J connectivity index is 1.66. The van der Waals surface area contributed by atoms with Crippen molar-refractivity contribution in [2.45, 2.75) is 6.54 Å². The molecule has 2 aromatic heterocycles. The molecule has 164 valence electrons. The molecule has 0 radical (unpaired) electrons. The Hall–Kier alpha value is -4.16. The van der Waals surface area contributed by atoms with Crippen molar-refractivity contribution < 1.29 is 5.11 Å². The van der Waals surface area contributed by atoms with Crippen molar-refractivity contribution in [3.63, 3.8) is 0 Å². The van der Waals surface area contributed by atoms with E-state index in [1.807, 2.05) is 97.7 Å². The number of benzene rings is 3. The number of aromatic hydroxyl groups is 1. The molecule has 0 aliphatic heterocycles. The summed E-state index contributed by atoms with van der Waals surface area (Å²) in [5.74, 6) is 0.183. The smallest absolute Gasteiger partial charge is 0.201 e. The number of aryl methyl sites for hydroxylation is 2. The van der Waals surface area contributed by atoms with Crippen molar-refractivity contribution in [2.75, 3.05) is 0 Å². The summed E-state index contributed by atoms with van der Waals surface area (Å²) in [5.41, 5.74) is 12.8. The van der Waals surface area contributed by atoms with Gasteiger partial charge in [-0.25, -0.2) is 9.98 Å². The van der Waals surface area contributed by atoms with Gasteiger partial charge in [0.05, 0.1) is 34.5 Å². The van der Waals surface area contributed by atoms with Gasteiger partial charge in [-0.15, -0.1) is 0 Å². The van der Waals surface area contributed by atoms with E-state index in [2.05, 4.69) is 4.98 Å². The van der Waals surface area contributed by atoms with Crippen molar-refractivity contribution in [2.24, 2.45) is 24.8 Å². The highest BCUT2D eigenvalue weighted by Crippen LogP contribution is 2.34. The third-order valence-electron chi connectivity index (χ3n) is 5.88. The highest BCUT2D eigenvalue weighted by atomic mass is 16.3. The molecule has 0 bridgehead atoms. The van der Waals surface area contributed by atoms with Gasteiger partial charge in [-0.1, -0.05) is 54.6 Å². The Bertz CT molecular complexity index is 1460. The number of nitrogens with zero attached hydrogens (tertiary/aromatic N) is 4. The van der Waals surface area contributed by atoms with E-state index in [9.17, 15) is 5.11 Å². The van der Waals surface area contributed by atoms with Gasteiger partial charge >= 0.3 is 0 Å². The van der Waals surface area contributed by atoms with E-state index in [-0.39, 0.29) is 5.88 Å². The highest BCUT2D eigenvalue weighted by Gasteiger charge is 2.20. The number of para-hydroxylation sites is 1. The molecule has 2 heterocycles. The molecule has 5 rings (SSSR count). The lowest BCUT2D eigenvalue weighted by atomic mass is 9.99. The highest BCUT2D eigenvalue weighted by molar-refractivity contribution is 6.22. The van der Waals surface area contributed by atoms with Gasteiger partial charge in [0.1, 0.15) is 0 Å². The minimum Gasteiger partial charge on any atom is -0.494 e. The third-order valence-corrected chi connectivity index (χ3v) is 5.88. The Morgan fingerprint density at radius 1 is 0.970 bits per heavy atom. The molecule has 6 nitrogen and oxygen atoms in total. The number of imidazole rings is 1. The van der Waals surface area contributed by atoms with Crippen molar-refractivity contribution >= 4 is 22.3 Å². The van der Waals surface area contributed by atoms with Gasteiger partial charge in [0.2, 0.25) is 5.88 Å². The summed E-state index contributed by atoms with van der Waals surface area (Å²) in [5, 5.41) is 12.0. The molecule has 0 aliphatic carbocycles. The summed E-state index contributed by atoms with van der Waals surface area (Å²) in [6, 6.07) is 23.9. The fourth-order valence-electron chi connectivity index (χ4n) is 4.07. The van der Waals surface area contributed by atoms with E-state index in [0.717, 1.165) is 39.0 Å². The van der Waals surface area contributed by atoms with Crippen molar-refractivity contribution in [1.82, 2.24) is 14.1 Å². The summed E-state index contributed by atoms with van der Waals surface area (Å²) in [7, 11) is 3.81. The maximum Gasteiger partial charge on any atom is 0.201 e. The fraction of sp³-hybridized carbons (Fsp3) is 0.111. The zero-order chi connectivity index (χ0) is 22.9. The standard InChI is InChI=1S/C27H25N5O/c1-31-16-23(29-17-31)19-11-13-21(14-12-19)30-26(20-9-7-18(15-28)8-10-20)25-22-5-3-4-6-24(22)32(2)27(25)33/h3-14,16-17,33H,15,28H2,1-2H3. The SMILES string of the molecule is Cn1cnc(-c2ccc(N=C(c3ccc(CN)cc3)c3c(O)n(C)c4ccccc34)cc2)c1. The van der Waals surface area contributed by atoms with Crippen LogP contribution in [0.5, 0.6) is 5.88 Å². The van der Waals surface area contributed by atoms with Crippen LogP contribution in [0.2, 0.25) is 0 Å². The summed E-state index contributed by atoms with van der Waals surface area (Å²) in [4.78, 5) is 9.42. The zero-order valence-electron chi connectivity index (χ0n) is 18.6. The lowest BCUT2D eigenvalue weighted by molar-refractivity contribution is 0.434.